The van der Waals surface area contributed by atoms with Crippen molar-refractivity contribution in [1.29, 1.82) is 0 Å². The van der Waals surface area contributed by atoms with Crippen LogP contribution in [0.25, 0.3) is 0 Å². The summed E-state index contributed by atoms with van der Waals surface area (Å²) < 4.78 is 14.9. The second kappa shape index (κ2) is 5.03. The average Bonchev–Trinajstić information content (AvgIpc) is 3.04. The standard InChI is InChI=1S/C14H15FN4O/c1-18(14(20)10-4-6-11(15)7-5-10)9-13-17-16-12-3-2-8-19(12)13/h4-7H,2-3,8-9H2,1H3. The molecule has 3 rings (SSSR count). The molecular formula is C14H15FN4O. The van der Waals surface area contributed by atoms with Gasteiger partial charge in [0.15, 0.2) is 5.82 Å². The number of carbonyl (C=O) groups is 1. The zero-order chi connectivity index (χ0) is 14.1. The molecule has 0 N–H and O–H groups in total. The number of benzene rings is 1. The highest BCUT2D eigenvalue weighted by Gasteiger charge is 2.20. The van der Waals surface area contributed by atoms with Crippen molar-refractivity contribution in [2.24, 2.45) is 0 Å². The molecule has 0 saturated carbocycles. The molecule has 1 aromatic carbocycles. The smallest absolute Gasteiger partial charge is 0.254 e. The lowest BCUT2D eigenvalue weighted by molar-refractivity contribution is 0.0780. The molecule has 1 aliphatic rings. The average molecular weight is 274 g/mol. The summed E-state index contributed by atoms with van der Waals surface area (Å²) in [5, 5.41) is 8.25. The summed E-state index contributed by atoms with van der Waals surface area (Å²) in [6.07, 6.45) is 2.02. The van der Waals surface area contributed by atoms with Crippen molar-refractivity contribution < 1.29 is 9.18 Å². The van der Waals surface area contributed by atoms with E-state index >= 15 is 0 Å². The summed E-state index contributed by atoms with van der Waals surface area (Å²) in [4.78, 5) is 13.8. The zero-order valence-electron chi connectivity index (χ0n) is 11.2. The van der Waals surface area contributed by atoms with E-state index in [2.05, 4.69) is 14.8 Å². The lowest BCUT2D eigenvalue weighted by Gasteiger charge is -2.16. The maximum atomic E-state index is 12.9. The van der Waals surface area contributed by atoms with Gasteiger partial charge in [-0.2, -0.15) is 0 Å². The summed E-state index contributed by atoms with van der Waals surface area (Å²) in [6.45, 7) is 1.32. The van der Waals surface area contributed by atoms with Gasteiger partial charge in [-0.1, -0.05) is 0 Å². The number of amides is 1. The van der Waals surface area contributed by atoms with E-state index in [1.165, 1.54) is 24.3 Å². The van der Waals surface area contributed by atoms with Gasteiger partial charge in [-0.25, -0.2) is 4.39 Å². The molecule has 104 valence electrons. The molecule has 0 unspecified atom stereocenters. The fourth-order valence-electron chi connectivity index (χ4n) is 2.42. The second-order valence-electron chi connectivity index (χ2n) is 4.96. The van der Waals surface area contributed by atoms with Gasteiger partial charge in [0.25, 0.3) is 5.91 Å². The van der Waals surface area contributed by atoms with E-state index in [9.17, 15) is 9.18 Å². The fourth-order valence-corrected chi connectivity index (χ4v) is 2.42. The molecule has 0 saturated heterocycles. The number of hydrogen-bond acceptors (Lipinski definition) is 3. The van der Waals surface area contributed by atoms with Crippen LogP contribution in [0.5, 0.6) is 0 Å². The Hall–Kier alpha value is -2.24. The highest BCUT2D eigenvalue weighted by atomic mass is 19.1. The van der Waals surface area contributed by atoms with Crippen LogP contribution in [0.15, 0.2) is 24.3 Å². The number of nitrogens with zero attached hydrogens (tertiary/aromatic N) is 4. The molecule has 1 aliphatic heterocycles. The first-order chi connectivity index (χ1) is 9.65. The molecule has 2 heterocycles. The topological polar surface area (TPSA) is 51.0 Å². The van der Waals surface area contributed by atoms with E-state index in [0.29, 0.717) is 12.1 Å². The molecule has 1 aromatic heterocycles. The Bertz CT molecular complexity index is 635. The molecule has 5 nitrogen and oxygen atoms in total. The van der Waals surface area contributed by atoms with E-state index in [4.69, 9.17) is 0 Å². The Morgan fingerprint density at radius 1 is 1.35 bits per heavy atom. The Labute approximate surface area is 116 Å². The predicted molar refractivity (Wildman–Crippen MR) is 70.5 cm³/mol. The van der Waals surface area contributed by atoms with Crippen LogP contribution in [0.3, 0.4) is 0 Å². The Kier molecular flexibility index (Phi) is 3.22. The van der Waals surface area contributed by atoms with Crippen LogP contribution in [0.4, 0.5) is 4.39 Å². The van der Waals surface area contributed by atoms with Gasteiger partial charge in [0.05, 0.1) is 6.54 Å². The lowest BCUT2D eigenvalue weighted by Crippen LogP contribution is -2.27. The number of fused-ring (bicyclic) bond motifs is 1. The highest BCUT2D eigenvalue weighted by Crippen LogP contribution is 2.15. The largest absolute Gasteiger partial charge is 0.334 e. The number of aromatic nitrogens is 3. The normalized spacial score (nSPS) is 13.3. The lowest BCUT2D eigenvalue weighted by atomic mass is 10.2. The summed E-state index contributed by atoms with van der Waals surface area (Å²) in [5.41, 5.74) is 0.468. The molecule has 2 aromatic rings. The van der Waals surface area contributed by atoms with Crippen LogP contribution >= 0.6 is 0 Å². The number of hydrogen-bond donors (Lipinski definition) is 0. The van der Waals surface area contributed by atoms with Crippen molar-refractivity contribution in [3.8, 4) is 0 Å². The predicted octanol–water partition coefficient (Wildman–Crippen LogP) is 1.64. The van der Waals surface area contributed by atoms with Crippen LogP contribution in [0.2, 0.25) is 0 Å². The van der Waals surface area contributed by atoms with Gasteiger partial charge in [-0.15, -0.1) is 10.2 Å². The van der Waals surface area contributed by atoms with Crippen molar-refractivity contribution >= 4 is 5.91 Å². The molecule has 0 aliphatic carbocycles. The van der Waals surface area contributed by atoms with Crippen molar-refractivity contribution in [1.82, 2.24) is 19.7 Å². The third kappa shape index (κ3) is 2.29. The second-order valence-corrected chi connectivity index (χ2v) is 4.96. The third-order valence-corrected chi connectivity index (χ3v) is 3.50. The SMILES string of the molecule is CN(Cc1nnc2n1CCC2)C(=O)c1ccc(F)cc1. The maximum absolute atomic E-state index is 12.9. The maximum Gasteiger partial charge on any atom is 0.254 e. The van der Waals surface area contributed by atoms with Crippen molar-refractivity contribution in [2.75, 3.05) is 7.05 Å². The fraction of sp³-hybridized carbons (Fsp3) is 0.357. The number of aryl methyl sites for hydroxylation is 1. The first-order valence-electron chi connectivity index (χ1n) is 6.57. The van der Waals surface area contributed by atoms with Gasteiger partial charge in [0.1, 0.15) is 11.6 Å². The molecule has 0 fully saturated rings. The first kappa shape index (κ1) is 12.8. The molecule has 6 heteroatoms. The number of halogens is 1. The minimum atomic E-state index is -0.348. The van der Waals surface area contributed by atoms with Crippen LogP contribution in [-0.4, -0.2) is 32.6 Å². The van der Waals surface area contributed by atoms with Crippen LogP contribution in [0.1, 0.15) is 28.4 Å². The summed E-state index contributed by atoms with van der Waals surface area (Å²) >= 11 is 0. The molecular weight excluding hydrogens is 259 g/mol. The minimum absolute atomic E-state index is 0.152. The Morgan fingerprint density at radius 3 is 2.85 bits per heavy atom. The van der Waals surface area contributed by atoms with Gasteiger partial charge in [-0.3, -0.25) is 4.79 Å². The quantitative estimate of drug-likeness (QED) is 0.855. The van der Waals surface area contributed by atoms with Crippen LogP contribution in [-0.2, 0) is 19.5 Å². The van der Waals surface area contributed by atoms with Crippen molar-refractivity contribution in [2.45, 2.75) is 25.9 Å². The Balaban J connectivity index is 1.74. The van der Waals surface area contributed by atoms with Gasteiger partial charge in [0, 0.05) is 25.6 Å². The molecule has 0 atom stereocenters. The van der Waals surface area contributed by atoms with Crippen molar-refractivity contribution in [3.05, 3.63) is 47.3 Å². The summed E-state index contributed by atoms with van der Waals surface area (Å²) in [5.74, 6) is 1.29. The van der Waals surface area contributed by atoms with Gasteiger partial charge in [-0.05, 0) is 30.7 Å². The van der Waals surface area contributed by atoms with E-state index < -0.39 is 0 Å². The molecule has 20 heavy (non-hydrogen) atoms. The number of carbonyl (C=O) groups excluding carboxylic acids is 1. The number of rotatable bonds is 3. The highest BCUT2D eigenvalue weighted by molar-refractivity contribution is 5.93. The van der Waals surface area contributed by atoms with E-state index in [-0.39, 0.29) is 11.7 Å². The van der Waals surface area contributed by atoms with Crippen molar-refractivity contribution in [3.63, 3.8) is 0 Å². The summed E-state index contributed by atoms with van der Waals surface area (Å²) in [7, 11) is 1.71. The van der Waals surface area contributed by atoms with E-state index in [0.717, 1.165) is 31.0 Å². The van der Waals surface area contributed by atoms with E-state index in [1.54, 1.807) is 11.9 Å². The van der Waals surface area contributed by atoms with Gasteiger partial charge < -0.3 is 9.47 Å². The minimum Gasteiger partial charge on any atom is -0.334 e. The molecule has 0 radical (unpaired) electrons. The first-order valence-corrected chi connectivity index (χ1v) is 6.57. The molecule has 1 amide bonds. The Morgan fingerprint density at radius 2 is 2.10 bits per heavy atom. The van der Waals surface area contributed by atoms with Gasteiger partial charge >= 0.3 is 0 Å². The molecule has 0 spiro atoms. The van der Waals surface area contributed by atoms with Gasteiger partial charge in [0.2, 0.25) is 0 Å². The summed E-state index contributed by atoms with van der Waals surface area (Å²) in [6, 6.07) is 5.55. The zero-order valence-corrected chi connectivity index (χ0v) is 11.2. The van der Waals surface area contributed by atoms with Crippen LogP contribution < -0.4 is 0 Å². The molecule has 0 bridgehead atoms. The van der Waals surface area contributed by atoms with E-state index in [1.807, 2.05) is 0 Å². The third-order valence-electron chi connectivity index (χ3n) is 3.50. The van der Waals surface area contributed by atoms with Crippen LogP contribution in [0, 0.1) is 5.82 Å². The monoisotopic (exact) mass is 274 g/mol.